The van der Waals surface area contributed by atoms with Gasteiger partial charge in [-0.25, -0.2) is 14.3 Å². The van der Waals surface area contributed by atoms with Crippen LogP contribution in [-0.2, 0) is 29.1 Å². The molecule has 21 heavy (non-hydrogen) atoms. The Hall–Kier alpha value is -1.83. The van der Waals surface area contributed by atoms with E-state index in [4.69, 9.17) is 9.47 Å². The van der Waals surface area contributed by atoms with E-state index in [0.717, 1.165) is 0 Å². The predicted octanol–water partition coefficient (Wildman–Crippen LogP) is 0.194. The molecule has 1 fully saturated rings. The summed E-state index contributed by atoms with van der Waals surface area (Å²) in [7, 11) is 0. The zero-order valence-corrected chi connectivity index (χ0v) is 12.5. The second kappa shape index (κ2) is 4.87. The maximum absolute atomic E-state index is 12.2. The maximum Gasteiger partial charge on any atom is 0.410 e. The van der Waals surface area contributed by atoms with Crippen LogP contribution < -0.4 is 5.69 Å². The Morgan fingerprint density at radius 3 is 2.76 bits per heavy atom. The number of amides is 1. The van der Waals surface area contributed by atoms with Crippen molar-refractivity contribution in [2.45, 2.75) is 52.1 Å². The summed E-state index contributed by atoms with van der Waals surface area (Å²) in [6.07, 6.45) is -0.275. The minimum atomic E-state index is -0.531. The lowest BCUT2D eigenvalue weighted by atomic mass is 10.2. The van der Waals surface area contributed by atoms with Crippen LogP contribution in [0, 0.1) is 0 Å². The molecule has 0 spiro atoms. The van der Waals surface area contributed by atoms with Crippen molar-refractivity contribution in [2.75, 3.05) is 13.2 Å². The fourth-order valence-corrected chi connectivity index (χ4v) is 2.27. The fourth-order valence-electron chi connectivity index (χ4n) is 2.27. The third kappa shape index (κ3) is 3.10. The number of rotatable bonds is 2. The summed E-state index contributed by atoms with van der Waals surface area (Å²) >= 11 is 0. The molecule has 1 saturated heterocycles. The summed E-state index contributed by atoms with van der Waals surface area (Å²) in [6.45, 7) is 7.83. The minimum absolute atomic E-state index is 0.0987. The van der Waals surface area contributed by atoms with Crippen LogP contribution in [0.15, 0.2) is 4.79 Å². The smallest absolute Gasteiger partial charge is 0.410 e. The maximum atomic E-state index is 12.2. The standard InChI is InChI=1S/C13H20N4O4/c1-13(2,3)21-12(19)15-4-5-16-10(7-15)14-17(11(16)18)6-9-8-20-9/h9H,4-8H2,1-3H3. The summed E-state index contributed by atoms with van der Waals surface area (Å²) < 4.78 is 13.5. The molecule has 0 N–H and O–H groups in total. The van der Waals surface area contributed by atoms with Gasteiger partial charge in [-0.1, -0.05) is 0 Å². The number of epoxide rings is 1. The van der Waals surface area contributed by atoms with Crippen molar-refractivity contribution in [2.24, 2.45) is 0 Å². The molecule has 0 radical (unpaired) electrons. The van der Waals surface area contributed by atoms with Gasteiger partial charge < -0.3 is 9.47 Å². The van der Waals surface area contributed by atoms with Crippen LogP contribution in [0.2, 0.25) is 0 Å². The van der Waals surface area contributed by atoms with Gasteiger partial charge in [0.05, 0.1) is 19.7 Å². The third-order valence-electron chi connectivity index (χ3n) is 3.36. The number of hydrogen-bond acceptors (Lipinski definition) is 5. The third-order valence-corrected chi connectivity index (χ3v) is 3.36. The molecule has 0 aliphatic carbocycles. The quantitative estimate of drug-likeness (QED) is 0.728. The van der Waals surface area contributed by atoms with E-state index in [-0.39, 0.29) is 17.9 Å². The van der Waals surface area contributed by atoms with Gasteiger partial charge >= 0.3 is 11.8 Å². The average molecular weight is 296 g/mol. The zero-order chi connectivity index (χ0) is 15.2. The van der Waals surface area contributed by atoms with Crippen LogP contribution in [0.5, 0.6) is 0 Å². The van der Waals surface area contributed by atoms with E-state index in [0.29, 0.717) is 38.6 Å². The number of ether oxygens (including phenoxy) is 2. The van der Waals surface area contributed by atoms with E-state index >= 15 is 0 Å². The van der Waals surface area contributed by atoms with E-state index < -0.39 is 5.60 Å². The fraction of sp³-hybridized carbons (Fsp3) is 0.769. The molecule has 1 atom stereocenters. The molecule has 0 bridgehead atoms. The first-order chi connectivity index (χ1) is 9.83. The number of nitrogens with zero attached hydrogens (tertiary/aromatic N) is 4. The number of fused-ring (bicyclic) bond motifs is 1. The molecule has 1 aromatic rings. The first kappa shape index (κ1) is 14.1. The average Bonchev–Trinajstić information content (AvgIpc) is 3.13. The Morgan fingerprint density at radius 1 is 1.43 bits per heavy atom. The SMILES string of the molecule is CC(C)(C)OC(=O)N1CCn2c(nn(CC3CO3)c2=O)C1. The topological polar surface area (TPSA) is 81.9 Å². The molecule has 1 unspecified atom stereocenters. The normalized spacial score (nSPS) is 21.1. The molecule has 0 saturated carbocycles. The largest absolute Gasteiger partial charge is 0.444 e. The van der Waals surface area contributed by atoms with Crippen LogP contribution in [0.4, 0.5) is 4.79 Å². The Bertz CT molecular complexity index is 609. The number of aromatic nitrogens is 3. The van der Waals surface area contributed by atoms with Gasteiger partial charge in [0, 0.05) is 13.1 Å². The van der Waals surface area contributed by atoms with Crippen molar-refractivity contribution in [3.63, 3.8) is 0 Å². The van der Waals surface area contributed by atoms with Crippen molar-refractivity contribution < 1.29 is 14.3 Å². The van der Waals surface area contributed by atoms with Crippen LogP contribution >= 0.6 is 0 Å². The van der Waals surface area contributed by atoms with Gasteiger partial charge in [0.2, 0.25) is 0 Å². The lowest BCUT2D eigenvalue weighted by Crippen LogP contribution is -2.43. The van der Waals surface area contributed by atoms with Gasteiger partial charge in [0.25, 0.3) is 0 Å². The number of carbonyl (C=O) groups is 1. The first-order valence-electron chi connectivity index (χ1n) is 7.09. The molecule has 116 valence electrons. The molecule has 0 aromatic carbocycles. The second-order valence-corrected chi connectivity index (χ2v) is 6.39. The van der Waals surface area contributed by atoms with Crippen molar-refractivity contribution >= 4 is 6.09 Å². The van der Waals surface area contributed by atoms with E-state index in [1.165, 1.54) is 4.68 Å². The van der Waals surface area contributed by atoms with Crippen LogP contribution in [-0.4, -0.2) is 50.2 Å². The summed E-state index contributed by atoms with van der Waals surface area (Å²) in [5.41, 5.74) is -0.666. The molecule has 3 rings (SSSR count). The van der Waals surface area contributed by atoms with Crippen molar-refractivity contribution in [3.05, 3.63) is 16.3 Å². The summed E-state index contributed by atoms with van der Waals surface area (Å²) in [5.74, 6) is 0.595. The van der Waals surface area contributed by atoms with Gasteiger partial charge in [0.15, 0.2) is 5.82 Å². The Balaban J connectivity index is 1.73. The lowest BCUT2D eigenvalue weighted by Gasteiger charge is -2.29. The predicted molar refractivity (Wildman–Crippen MR) is 72.9 cm³/mol. The van der Waals surface area contributed by atoms with Gasteiger partial charge in [-0.2, -0.15) is 5.10 Å². The van der Waals surface area contributed by atoms with Gasteiger partial charge in [0.1, 0.15) is 11.7 Å². The molecular weight excluding hydrogens is 276 g/mol. The molecule has 1 aromatic heterocycles. The summed E-state index contributed by atoms with van der Waals surface area (Å²) in [6, 6.07) is 0. The highest BCUT2D eigenvalue weighted by molar-refractivity contribution is 5.68. The van der Waals surface area contributed by atoms with Crippen LogP contribution in [0.3, 0.4) is 0 Å². The minimum Gasteiger partial charge on any atom is -0.444 e. The van der Waals surface area contributed by atoms with E-state index in [1.807, 2.05) is 20.8 Å². The first-order valence-corrected chi connectivity index (χ1v) is 7.09. The molecule has 2 aliphatic rings. The molecule has 8 nitrogen and oxygen atoms in total. The number of carbonyl (C=O) groups excluding carboxylic acids is 1. The Labute approximate surface area is 122 Å². The highest BCUT2D eigenvalue weighted by atomic mass is 16.6. The van der Waals surface area contributed by atoms with Gasteiger partial charge in [-0.15, -0.1) is 0 Å². The van der Waals surface area contributed by atoms with Gasteiger partial charge in [-0.05, 0) is 20.8 Å². The van der Waals surface area contributed by atoms with E-state index in [9.17, 15) is 9.59 Å². The van der Waals surface area contributed by atoms with Gasteiger partial charge in [-0.3, -0.25) is 9.47 Å². The zero-order valence-electron chi connectivity index (χ0n) is 12.5. The van der Waals surface area contributed by atoms with E-state index in [2.05, 4.69) is 5.10 Å². The van der Waals surface area contributed by atoms with Crippen molar-refractivity contribution in [3.8, 4) is 0 Å². The molecular formula is C13H20N4O4. The Morgan fingerprint density at radius 2 is 2.14 bits per heavy atom. The molecule has 3 heterocycles. The molecule has 1 amide bonds. The summed E-state index contributed by atoms with van der Waals surface area (Å²) in [5, 5.41) is 4.30. The molecule has 8 heteroatoms. The second-order valence-electron chi connectivity index (χ2n) is 6.39. The Kier molecular flexibility index (Phi) is 3.27. The van der Waals surface area contributed by atoms with Crippen LogP contribution in [0.1, 0.15) is 26.6 Å². The lowest BCUT2D eigenvalue weighted by molar-refractivity contribution is 0.0194. The highest BCUT2D eigenvalue weighted by Gasteiger charge is 2.30. The monoisotopic (exact) mass is 296 g/mol. The molecule has 2 aliphatic heterocycles. The van der Waals surface area contributed by atoms with Crippen LogP contribution in [0.25, 0.3) is 0 Å². The van der Waals surface area contributed by atoms with Crippen molar-refractivity contribution in [1.82, 2.24) is 19.2 Å². The van der Waals surface area contributed by atoms with E-state index in [1.54, 1.807) is 9.47 Å². The highest BCUT2D eigenvalue weighted by Crippen LogP contribution is 2.15. The summed E-state index contributed by atoms with van der Waals surface area (Å²) in [4.78, 5) is 25.8. The number of hydrogen-bond donors (Lipinski definition) is 0. The van der Waals surface area contributed by atoms with Crippen molar-refractivity contribution in [1.29, 1.82) is 0 Å².